The van der Waals surface area contributed by atoms with E-state index in [9.17, 15) is 34.2 Å². The van der Waals surface area contributed by atoms with E-state index in [1.165, 1.54) is 24.3 Å². The van der Waals surface area contributed by atoms with Gasteiger partial charge in [-0.15, -0.1) is 0 Å². The summed E-state index contributed by atoms with van der Waals surface area (Å²) in [5.74, 6) is -5.27. The molecule has 0 aliphatic carbocycles. The molecule has 188 valence electrons. The lowest BCUT2D eigenvalue weighted by Crippen LogP contribution is -2.54. The van der Waals surface area contributed by atoms with Crippen LogP contribution in [0, 0.1) is 0 Å². The Labute approximate surface area is 195 Å². The molecule has 1 rings (SSSR count). The minimum atomic E-state index is -1.58. The summed E-state index contributed by atoms with van der Waals surface area (Å²) in [6, 6.07) is 1.78. The highest BCUT2D eigenvalue weighted by Crippen LogP contribution is 2.11. The van der Waals surface area contributed by atoms with Crippen molar-refractivity contribution in [1.29, 1.82) is 0 Å². The molecule has 0 bridgehead atoms. The average Bonchev–Trinajstić information content (AvgIpc) is 2.77. The largest absolute Gasteiger partial charge is 0.508 e. The van der Waals surface area contributed by atoms with Crippen LogP contribution in [0.4, 0.5) is 0 Å². The molecule has 34 heavy (non-hydrogen) atoms. The first-order valence-electron chi connectivity index (χ1n) is 10.6. The third-order valence-corrected chi connectivity index (χ3v) is 4.75. The van der Waals surface area contributed by atoms with E-state index in [2.05, 4.69) is 16.0 Å². The Hall–Kier alpha value is -3.71. The quantitative estimate of drug-likeness (QED) is 0.129. The summed E-state index contributed by atoms with van der Waals surface area (Å²) in [6.45, 7) is -0.0931. The van der Waals surface area contributed by atoms with Crippen molar-refractivity contribution in [2.24, 2.45) is 11.5 Å². The summed E-state index contributed by atoms with van der Waals surface area (Å²) in [5, 5.41) is 34.5. The highest BCUT2D eigenvalue weighted by molar-refractivity contribution is 5.94. The van der Waals surface area contributed by atoms with E-state index in [0.29, 0.717) is 31.4 Å². The number of carbonyl (C=O) groups is 5. The molecular formula is C21H31N5O8. The first-order chi connectivity index (χ1) is 16.0. The second kappa shape index (κ2) is 14.4. The van der Waals surface area contributed by atoms with Gasteiger partial charge >= 0.3 is 11.9 Å². The molecule has 0 aromatic heterocycles. The molecule has 0 heterocycles. The SMILES string of the molecule is NCCCC[C@H](N)C(=O)NCC(=O)N[C@@H](CC(=O)O)C(=O)N[C@@H](Cc1ccc(O)cc1)C(=O)O. The van der Waals surface area contributed by atoms with Crippen LogP contribution in [-0.4, -0.2) is 76.2 Å². The summed E-state index contributed by atoms with van der Waals surface area (Å²) in [5.41, 5.74) is 11.6. The van der Waals surface area contributed by atoms with Crippen LogP contribution in [0.2, 0.25) is 0 Å². The summed E-state index contributed by atoms with van der Waals surface area (Å²) in [7, 11) is 0. The van der Waals surface area contributed by atoms with Gasteiger partial charge < -0.3 is 42.7 Å². The summed E-state index contributed by atoms with van der Waals surface area (Å²) in [6.07, 6.45) is 0.736. The maximum absolute atomic E-state index is 12.6. The van der Waals surface area contributed by atoms with Gasteiger partial charge in [-0.05, 0) is 37.1 Å². The molecule has 0 spiro atoms. The zero-order valence-corrected chi connectivity index (χ0v) is 18.5. The normalized spacial score (nSPS) is 13.2. The van der Waals surface area contributed by atoms with E-state index >= 15 is 0 Å². The van der Waals surface area contributed by atoms with Crippen molar-refractivity contribution in [3.63, 3.8) is 0 Å². The molecule has 13 nitrogen and oxygen atoms in total. The van der Waals surface area contributed by atoms with E-state index in [1.807, 2.05) is 0 Å². The fourth-order valence-corrected chi connectivity index (χ4v) is 2.91. The van der Waals surface area contributed by atoms with Gasteiger partial charge in [-0.25, -0.2) is 4.79 Å². The number of aromatic hydroxyl groups is 1. The molecule has 13 heteroatoms. The Kier molecular flexibility index (Phi) is 12.0. The first-order valence-corrected chi connectivity index (χ1v) is 10.6. The van der Waals surface area contributed by atoms with Crippen LogP contribution < -0.4 is 27.4 Å². The molecule has 3 amide bonds. The second-order valence-corrected chi connectivity index (χ2v) is 7.60. The van der Waals surface area contributed by atoms with Crippen molar-refractivity contribution in [2.45, 2.75) is 50.2 Å². The highest BCUT2D eigenvalue weighted by atomic mass is 16.4. The lowest BCUT2D eigenvalue weighted by Gasteiger charge is -2.21. The molecule has 1 aromatic carbocycles. The minimum absolute atomic E-state index is 0.0208. The van der Waals surface area contributed by atoms with Crippen molar-refractivity contribution in [3.8, 4) is 5.75 Å². The third kappa shape index (κ3) is 10.7. The lowest BCUT2D eigenvalue weighted by molar-refractivity contribution is -0.143. The zero-order chi connectivity index (χ0) is 25.7. The van der Waals surface area contributed by atoms with E-state index in [0.717, 1.165) is 0 Å². The number of carbonyl (C=O) groups excluding carboxylic acids is 3. The standard InChI is InChI=1S/C21H31N5O8/c22-8-2-1-3-14(23)19(31)24-11-17(28)25-15(10-18(29)30)20(32)26-16(21(33)34)9-12-4-6-13(27)7-5-12/h4-7,14-16,27H,1-3,8-11,22-23H2,(H,24,31)(H,25,28)(H,26,32)(H,29,30)(H,33,34)/t14-,15-,16-/m0/s1. The Bertz CT molecular complexity index is 861. The van der Waals surface area contributed by atoms with Gasteiger partial charge in [-0.1, -0.05) is 18.6 Å². The number of unbranched alkanes of at least 4 members (excludes halogenated alkanes) is 1. The minimum Gasteiger partial charge on any atom is -0.508 e. The lowest BCUT2D eigenvalue weighted by atomic mass is 10.0. The van der Waals surface area contributed by atoms with Crippen LogP contribution in [0.3, 0.4) is 0 Å². The molecule has 0 radical (unpaired) electrons. The van der Waals surface area contributed by atoms with E-state index in [1.54, 1.807) is 0 Å². The first kappa shape index (κ1) is 28.3. The number of benzene rings is 1. The van der Waals surface area contributed by atoms with Crippen molar-refractivity contribution in [2.75, 3.05) is 13.1 Å². The highest BCUT2D eigenvalue weighted by Gasteiger charge is 2.28. The summed E-state index contributed by atoms with van der Waals surface area (Å²) in [4.78, 5) is 59.4. The van der Waals surface area contributed by atoms with Crippen LogP contribution in [-0.2, 0) is 30.4 Å². The Morgan fingerprint density at radius 1 is 0.912 bits per heavy atom. The second-order valence-electron chi connectivity index (χ2n) is 7.60. The summed E-state index contributed by atoms with van der Waals surface area (Å²) < 4.78 is 0. The molecule has 10 N–H and O–H groups in total. The zero-order valence-electron chi connectivity index (χ0n) is 18.5. The molecule has 0 saturated heterocycles. The number of hydrogen-bond acceptors (Lipinski definition) is 8. The van der Waals surface area contributed by atoms with Crippen molar-refractivity contribution >= 4 is 29.7 Å². The number of nitrogens with two attached hydrogens (primary N) is 2. The van der Waals surface area contributed by atoms with Crippen molar-refractivity contribution < 1.29 is 39.3 Å². The van der Waals surface area contributed by atoms with Gasteiger partial charge in [0.15, 0.2) is 0 Å². The van der Waals surface area contributed by atoms with E-state index < -0.39 is 60.8 Å². The molecular weight excluding hydrogens is 450 g/mol. The monoisotopic (exact) mass is 481 g/mol. The third-order valence-electron chi connectivity index (χ3n) is 4.75. The fraction of sp³-hybridized carbons (Fsp3) is 0.476. The predicted molar refractivity (Wildman–Crippen MR) is 119 cm³/mol. The number of hydrogen-bond donors (Lipinski definition) is 8. The van der Waals surface area contributed by atoms with Crippen molar-refractivity contribution in [1.82, 2.24) is 16.0 Å². The predicted octanol–water partition coefficient (Wildman–Crippen LogP) is -1.96. The van der Waals surface area contributed by atoms with Gasteiger partial charge in [0, 0.05) is 6.42 Å². The van der Waals surface area contributed by atoms with Gasteiger partial charge in [0.05, 0.1) is 19.0 Å². The fourth-order valence-electron chi connectivity index (χ4n) is 2.91. The molecule has 0 fully saturated rings. The van der Waals surface area contributed by atoms with Gasteiger partial charge in [-0.3, -0.25) is 19.2 Å². The van der Waals surface area contributed by atoms with Crippen LogP contribution in [0.25, 0.3) is 0 Å². The van der Waals surface area contributed by atoms with Crippen LogP contribution in [0.15, 0.2) is 24.3 Å². The van der Waals surface area contributed by atoms with Crippen molar-refractivity contribution in [3.05, 3.63) is 29.8 Å². The maximum Gasteiger partial charge on any atom is 0.326 e. The Morgan fingerprint density at radius 3 is 2.12 bits per heavy atom. The number of nitrogens with one attached hydrogen (secondary N) is 3. The van der Waals surface area contributed by atoms with Gasteiger partial charge in [0.25, 0.3) is 0 Å². The number of aliphatic carboxylic acids is 2. The Morgan fingerprint density at radius 2 is 1.56 bits per heavy atom. The number of phenolic OH excluding ortho intramolecular Hbond substituents is 1. The maximum atomic E-state index is 12.6. The van der Waals surface area contributed by atoms with Gasteiger partial charge in [0.2, 0.25) is 17.7 Å². The van der Waals surface area contributed by atoms with Crippen LogP contribution in [0.1, 0.15) is 31.2 Å². The van der Waals surface area contributed by atoms with Gasteiger partial charge in [-0.2, -0.15) is 0 Å². The summed E-state index contributed by atoms with van der Waals surface area (Å²) >= 11 is 0. The number of carboxylic acid groups (broad SMARTS) is 2. The van der Waals surface area contributed by atoms with E-state index in [4.69, 9.17) is 16.6 Å². The molecule has 0 aliphatic rings. The molecule has 0 aliphatic heterocycles. The van der Waals surface area contributed by atoms with Crippen LogP contribution >= 0.6 is 0 Å². The molecule has 3 atom stereocenters. The molecule has 0 saturated carbocycles. The number of phenols is 1. The number of amides is 3. The van der Waals surface area contributed by atoms with E-state index in [-0.39, 0.29) is 12.2 Å². The Balaban J connectivity index is 2.71. The smallest absolute Gasteiger partial charge is 0.326 e. The average molecular weight is 482 g/mol. The van der Waals surface area contributed by atoms with Gasteiger partial charge in [0.1, 0.15) is 17.8 Å². The number of carboxylic acids is 2. The number of rotatable bonds is 15. The van der Waals surface area contributed by atoms with Crippen LogP contribution in [0.5, 0.6) is 5.75 Å². The topological polar surface area (TPSA) is 234 Å². The molecule has 0 unspecified atom stereocenters. The molecule has 1 aromatic rings.